The smallest absolute Gasteiger partial charge is 0.00175 e. The summed E-state index contributed by atoms with van der Waals surface area (Å²) in [5.74, 6) is 1.36. The Kier molecular flexibility index (Phi) is 8.03. The molecular formula is C20H35N. The highest BCUT2D eigenvalue weighted by atomic mass is 14.8. The van der Waals surface area contributed by atoms with Crippen molar-refractivity contribution in [2.75, 3.05) is 13.1 Å². The lowest BCUT2D eigenvalue weighted by molar-refractivity contribution is 0.405. The van der Waals surface area contributed by atoms with Gasteiger partial charge >= 0.3 is 0 Å². The second-order valence-electron chi connectivity index (χ2n) is 6.66. The van der Waals surface area contributed by atoms with Crippen LogP contribution in [0.3, 0.4) is 0 Å². The number of hydrogen-bond acceptors (Lipinski definition) is 1. The summed E-state index contributed by atoms with van der Waals surface area (Å²) in [6, 6.07) is 0. The van der Waals surface area contributed by atoms with Crippen LogP contribution >= 0.6 is 0 Å². The predicted octanol–water partition coefficient (Wildman–Crippen LogP) is 5.65. The first-order chi connectivity index (χ1) is 10.0. The van der Waals surface area contributed by atoms with Gasteiger partial charge in [0, 0.05) is 0 Å². The molecule has 1 aliphatic carbocycles. The summed E-state index contributed by atoms with van der Waals surface area (Å²) in [5, 5.41) is 3.57. The van der Waals surface area contributed by atoms with E-state index in [-0.39, 0.29) is 0 Å². The number of nitrogens with one attached hydrogen (secondary N) is 1. The van der Waals surface area contributed by atoms with Gasteiger partial charge in [-0.2, -0.15) is 0 Å². The van der Waals surface area contributed by atoms with Crippen LogP contribution in [0.1, 0.15) is 67.2 Å². The molecule has 0 aromatic rings. The third-order valence-electron chi connectivity index (χ3n) is 4.87. The topological polar surface area (TPSA) is 12.0 Å². The van der Waals surface area contributed by atoms with Crippen molar-refractivity contribution in [3.8, 4) is 0 Å². The van der Waals surface area contributed by atoms with E-state index in [0.717, 1.165) is 13.1 Å². The summed E-state index contributed by atoms with van der Waals surface area (Å²) in [5.41, 5.74) is 6.38. The second-order valence-corrected chi connectivity index (χ2v) is 6.66. The molecule has 0 aliphatic heterocycles. The molecule has 1 heteroatoms. The van der Waals surface area contributed by atoms with Crippen molar-refractivity contribution in [3.05, 3.63) is 34.4 Å². The molecule has 0 spiro atoms. The first kappa shape index (κ1) is 18.2. The van der Waals surface area contributed by atoms with Gasteiger partial charge in [-0.25, -0.2) is 0 Å². The molecule has 2 atom stereocenters. The molecule has 1 rings (SSSR count). The Morgan fingerprint density at radius 3 is 2.62 bits per heavy atom. The van der Waals surface area contributed by atoms with E-state index in [9.17, 15) is 0 Å². The highest BCUT2D eigenvalue weighted by Crippen LogP contribution is 2.34. The lowest BCUT2D eigenvalue weighted by Gasteiger charge is -2.24. The van der Waals surface area contributed by atoms with Crippen molar-refractivity contribution in [2.45, 2.75) is 67.2 Å². The van der Waals surface area contributed by atoms with Gasteiger partial charge in [0.05, 0.1) is 0 Å². The lowest BCUT2D eigenvalue weighted by Crippen LogP contribution is -2.26. The average Bonchev–Trinajstić information content (AvgIpc) is 2.84. The Hall–Kier alpha value is -0.820. The molecule has 0 radical (unpaired) electrons. The minimum absolute atomic E-state index is 0.658. The molecule has 0 heterocycles. The van der Waals surface area contributed by atoms with Crippen molar-refractivity contribution in [1.82, 2.24) is 5.32 Å². The Balaban J connectivity index is 2.63. The molecule has 2 unspecified atom stereocenters. The maximum atomic E-state index is 3.57. The first-order valence-electron chi connectivity index (χ1n) is 8.77. The molecule has 0 amide bonds. The van der Waals surface area contributed by atoms with Crippen molar-refractivity contribution < 1.29 is 0 Å². The molecule has 0 bridgehead atoms. The molecule has 1 aliphatic rings. The van der Waals surface area contributed by atoms with E-state index in [1.165, 1.54) is 31.3 Å². The molecular weight excluding hydrogens is 254 g/mol. The highest BCUT2D eigenvalue weighted by Gasteiger charge is 2.19. The standard InChI is InChI=1S/C20H35N/c1-7-10-21-14-16(5)17(6)18(8-2)13-20-12-15(4)11-19(20)9-3/h8,11,16-17,21H,7,9-10,12-14H2,1-6H3/b18-8-. The van der Waals surface area contributed by atoms with Crippen LogP contribution in [0.2, 0.25) is 0 Å². The number of allylic oxidation sites excluding steroid dienone is 6. The van der Waals surface area contributed by atoms with Crippen LogP contribution in [0.25, 0.3) is 0 Å². The van der Waals surface area contributed by atoms with Crippen molar-refractivity contribution in [2.24, 2.45) is 11.8 Å². The van der Waals surface area contributed by atoms with E-state index in [2.05, 4.69) is 59.0 Å². The van der Waals surface area contributed by atoms with Gasteiger partial charge in [0.15, 0.2) is 0 Å². The molecule has 21 heavy (non-hydrogen) atoms. The zero-order valence-electron chi connectivity index (χ0n) is 15.1. The Morgan fingerprint density at radius 2 is 2.05 bits per heavy atom. The summed E-state index contributed by atoms with van der Waals surface area (Å²) < 4.78 is 0. The predicted molar refractivity (Wildman–Crippen MR) is 95.6 cm³/mol. The summed E-state index contributed by atoms with van der Waals surface area (Å²) in [4.78, 5) is 0. The Bertz CT molecular complexity index is 412. The normalized spacial score (nSPS) is 19.0. The van der Waals surface area contributed by atoms with Crippen LogP contribution in [0.4, 0.5) is 0 Å². The Labute approximate surface area is 132 Å². The maximum absolute atomic E-state index is 3.57. The van der Waals surface area contributed by atoms with Gasteiger partial charge in [-0.3, -0.25) is 0 Å². The van der Waals surface area contributed by atoms with Gasteiger partial charge < -0.3 is 5.32 Å². The van der Waals surface area contributed by atoms with Crippen LogP contribution in [0.15, 0.2) is 34.4 Å². The summed E-state index contributed by atoms with van der Waals surface area (Å²) >= 11 is 0. The van der Waals surface area contributed by atoms with E-state index in [0.29, 0.717) is 11.8 Å². The van der Waals surface area contributed by atoms with Crippen LogP contribution in [-0.2, 0) is 0 Å². The molecule has 120 valence electrons. The fraction of sp³-hybridized carbons (Fsp3) is 0.700. The van der Waals surface area contributed by atoms with Crippen molar-refractivity contribution >= 4 is 0 Å². The van der Waals surface area contributed by atoms with Gasteiger partial charge in [-0.15, -0.1) is 0 Å². The molecule has 0 aromatic carbocycles. The zero-order chi connectivity index (χ0) is 15.8. The minimum Gasteiger partial charge on any atom is -0.316 e. The van der Waals surface area contributed by atoms with Crippen LogP contribution in [0.5, 0.6) is 0 Å². The van der Waals surface area contributed by atoms with Crippen molar-refractivity contribution in [3.63, 3.8) is 0 Å². The van der Waals surface area contributed by atoms with Gasteiger partial charge in [0.2, 0.25) is 0 Å². The third-order valence-corrected chi connectivity index (χ3v) is 4.87. The number of rotatable bonds is 9. The molecule has 0 aromatic heterocycles. The van der Waals surface area contributed by atoms with Crippen LogP contribution < -0.4 is 5.32 Å². The van der Waals surface area contributed by atoms with Gasteiger partial charge in [0.25, 0.3) is 0 Å². The highest BCUT2D eigenvalue weighted by molar-refractivity contribution is 5.40. The van der Waals surface area contributed by atoms with Gasteiger partial charge in [-0.05, 0) is 70.0 Å². The van der Waals surface area contributed by atoms with E-state index in [1.54, 1.807) is 16.7 Å². The molecule has 1 nitrogen and oxygen atoms in total. The van der Waals surface area contributed by atoms with Gasteiger partial charge in [-0.1, -0.05) is 56.6 Å². The fourth-order valence-electron chi connectivity index (χ4n) is 3.25. The van der Waals surface area contributed by atoms with Gasteiger partial charge in [0.1, 0.15) is 0 Å². The summed E-state index contributed by atoms with van der Waals surface area (Å²) in [6.07, 6.45) is 9.51. The quantitative estimate of drug-likeness (QED) is 0.427. The fourth-order valence-corrected chi connectivity index (χ4v) is 3.25. The molecule has 0 saturated carbocycles. The van der Waals surface area contributed by atoms with E-state index < -0.39 is 0 Å². The van der Waals surface area contributed by atoms with E-state index in [1.807, 2.05) is 0 Å². The third kappa shape index (κ3) is 5.47. The average molecular weight is 290 g/mol. The zero-order valence-corrected chi connectivity index (χ0v) is 15.1. The molecule has 0 saturated heterocycles. The van der Waals surface area contributed by atoms with Crippen molar-refractivity contribution in [1.29, 1.82) is 0 Å². The second kappa shape index (κ2) is 9.25. The largest absolute Gasteiger partial charge is 0.316 e. The maximum Gasteiger partial charge on any atom is -0.00175 e. The molecule has 1 N–H and O–H groups in total. The minimum atomic E-state index is 0.658. The van der Waals surface area contributed by atoms with Crippen LogP contribution in [0, 0.1) is 11.8 Å². The SMILES string of the molecule is C/C=C(/CC1=C(CC)C=C(C)C1)C(C)C(C)CNCCC. The number of hydrogen-bond donors (Lipinski definition) is 1. The molecule has 0 fully saturated rings. The Morgan fingerprint density at radius 1 is 1.33 bits per heavy atom. The van der Waals surface area contributed by atoms with Crippen LogP contribution in [-0.4, -0.2) is 13.1 Å². The first-order valence-corrected chi connectivity index (χ1v) is 8.77. The summed E-state index contributed by atoms with van der Waals surface area (Å²) in [6.45, 7) is 16.0. The summed E-state index contributed by atoms with van der Waals surface area (Å²) in [7, 11) is 0. The van der Waals surface area contributed by atoms with E-state index in [4.69, 9.17) is 0 Å². The van der Waals surface area contributed by atoms with E-state index >= 15 is 0 Å². The lowest BCUT2D eigenvalue weighted by atomic mass is 9.84. The monoisotopic (exact) mass is 289 g/mol.